The molecule has 2 rings (SSSR count). The third-order valence-corrected chi connectivity index (χ3v) is 5.91. The number of carbonyl (C=O) groups is 1. The van der Waals surface area contributed by atoms with Crippen LogP contribution in [0.15, 0.2) is 41.3 Å². The number of rotatable bonds is 10. The van der Waals surface area contributed by atoms with Crippen molar-refractivity contribution in [3.05, 3.63) is 53.1 Å². The fourth-order valence-corrected chi connectivity index (χ4v) is 3.85. The van der Waals surface area contributed by atoms with E-state index in [1.54, 1.807) is 33.3 Å². The molecule has 0 aliphatic rings. The lowest BCUT2D eigenvalue weighted by molar-refractivity contribution is 0.0953. The molecule has 158 valence electrons. The SMILES string of the molecule is CCCNC(=O)c1cc(S(=O)(=O)NCCc2ccc(OC)c(OC)c2)ccc1C. The number of benzene rings is 2. The number of amides is 1. The summed E-state index contributed by atoms with van der Waals surface area (Å²) in [6.07, 6.45) is 1.29. The molecule has 2 N–H and O–H groups in total. The van der Waals surface area contributed by atoms with Crippen LogP contribution in [0.1, 0.15) is 34.8 Å². The zero-order valence-corrected chi connectivity index (χ0v) is 18.1. The first-order valence-electron chi connectivity index (χ1n) is 9.41. The van der Waals surface area contributed by atoms with Crippen LogP contribution in [0, 0.1) is 6.92 Å². The molecular formula is C21H28N2O5S. The summed E-state index contributed by atoms with van der Waals surface area (Å²) in [6, 6.07) is 10.0. The molecule has 2 aromatic rings. The van der Waals surface area contributed by atoms with Crippen LogP contribution in [0.4, 0.5) is 0 Å². The molecular weight excluding hydrogens is 392 g/mol. The minimum absolute atomic E-state index is 0.0667. The van der Waals surface area contributed by atoms with Gasteiger partial charge in [-0.15, -0.1) is 0 Å². The smallest absolute Gasteiger partial charge is 0.251 e. The van der Waals surface area contributed by atoms with E-state index in [-0.39, 0.29) is 17.3 Å². The Labute approximate surface area is 172 Å². The van der Waals surface area contributed by atoms with Crippen molar-refractivity contribution < 1.29 is 22.7 Å². The molecule has 0 aromatic heterocycles. The monoisotopic (exact) mass is 420 g/mol. The highest BCUT2D eigenvalue weighted by atomic mass is 32.2. The third kappa shape index (κ3) is 5.95. The molecule has 1 amide bonds. The summed E-state index contributed by atoms with van der Waals surface area (Å²) >= 11 is 0. The molecule has 0 saturated heterocycles. The Morgan fingerprint density at radius 2 is 1.72 bits per heavy atom. The van der Waals surface area contributed by atoms with Crippen LogP contribution in [0.2, 0.25) is 0 Å². The first kappa shape index (κ1) is 22.7. The van der Waals surface area contributed by atoms with Crippen molar-refractivity contribution in [1.82, 2.24) is 10.0 Å². The summed E-state index contributed by atoms with van der Waals surface area (Å²) < 4.78 is 38.4. The Morgan fingerprint density at radius 3 is 2.38 bits per heavy atom. The zero-order chi connectivity index (χ0) is 21.4. The topological polar surface area (TPSA) is 93.7 Å². The van der Waals surface area contributed by atoms with Crippen LogP contribution in [0.3, 0.4) is 0 Å². The summed E-state index contributed by atoms with van der Waals surface area (Å²) in [5.41, 5.74) is 2.00. The van der Waals surface area contributed by atoms with Crippen LogP contribution in [0.5, 0.6) is 11.5 Å². The molecule has 0 saturated carbocycles. The van der Waals surface area contributed by atoms with Crippen LogP contribution >= 0.6 is 0 Å². The van der Waals surface area contributed by atoms with Crippen molar-refractivity contribution >= 4 is 15.9 Å². The quantitative estimate of drug-likeness (QED) is 0.616. The first-order chi connectivity index (χ1) is 13.8. The number of methoxy groups -OCH3 is 2. The van der Waals surface area contributed by atoms with Gasteiger partial charge in [0.2, 0.25) is 10.0 Å². The second-order valence-corrected chi connectivity index (χ2v) is 8.34. The maximum absolute atomic E-state index is 12.7. The van der Waals surface area contributed by atoms with Crippen LogP contribution in [-0.2, 0) is 16.4 Å². The highest BCUT2D eigenvalue weighted by Crippen LogP contribution is 2.27. The fraction of sp³-hybridized carbons (Fsp3) is 0.381. The van der Waals surface area contributed by atoms with Gasteiger partial charge in [-0.1, -0.05) is 19.1 Å². The number of sulfonamides is 1. The van der Waals surface area contributed by atoms with Gasteiger partial charge in [0.05, 0.1) is 19.1 Å². The lowest BCUT2D eigenvalue weighted by atomic mass is 10.1. The first-order valence-corrected chi connectivity index (χ1v) is 10.9. The van der Waals surface area contributed by atoms with E-state index in [1.807, 2.05) is 19.1 Å². The second kappa shape index (κ2) is 10.3. The summed E-state index contributed by atoms with van der Waals surface area (Å²) in [5.74, 6) is 0.936. The van der Waals surface area contributed by atoms with Gasteiger partial charge in [0.1, 0.15) is 0 Å². The second-order valence-electron chi connectivity index (χ2n) is 6.57. The van der Waals surface area contributed by atoms with E-state index >= 15 is 0 Å². The van der Waals surface area contributed by atoms with E-state index in [1.165, 1.54) is 12.1 Å². The molecule has 29 heavy (non-hydrogen) atoms. The van der Waals surface area contributed by atoms with E-state index in [2.05, 4.69) is 10.0 Å². The molecule has 0 heterocycles. The van der Waals surface area contributed by atoms with E-state index in [0.717, 1.165) is 17.5 Å². The molecule has 0 atom stereocenters. The van der Waals surface area contributed by atoms with Gasteiger partial charge < -0.3 is 14.8 Å². The number of ether oxygens (including phenoxy) is 2. The molecule has 0 fully saturated rings. The Hall–Kier alpha value is -2.58. The van der Waals surface area contributed by atoms with Crippen LogP contribution < -0.4 is 19.5 Å². The van der Waals surface area contributed by atoms with Crippen molar-refractivity contribution in [1.29, 1.82) is 0 Å². The van der Waals surface area contributed by atoms with Crippen molar-refractivity contribution in [2.45, 2.75) is 31.6 Å². The Bertz CT molecular complexity index is 958. The average molecular weight is 421 g/mol. The number of aryl methyl sites for hydroxylation is 1. The standard InChI is InChI=1S/C21H28N2O5S/c1-5-11-22-21(24)18-14-17(8-6-15(18)2)29(25,26)23-12-10-16-7-9-19(27-3)20(13-16)28-4/h6-9,13-14,23H,5,10-12H2,1-4H3,(H,22,24). The van der Waals surface area contributed by atoms with Gasteiger partial charge in [0, 0.05) is 18.7 Å². The highest BCUT2D eigenvalue weighted by molar-refractivity contribution is 7.89. The Balaban J connectivity index is 2.09. The van der Waals surface area contributed by atoms with E-state index in [9.17, 15) is 13.2 Å². The van der Waals surface area contributed by atoms with Crippen LogP contribution in [-0.4, -0.2) is 41.6 Å². The minimum Gasteiger partial charge on any atom is -0.493 e. The molecule has 0 aliphatic carbocycles. The highest BCUT2D eigenvalue weighted by Gasteiger charge is 2.18. The van der Waals surface area contributed by atoms with Crippen LogP contribution in [0.25, 0.3) is 0 Å². The number of hydrogen-bond acceptors (Lipinski definition) is 5. The molecule has 0 unspecified atom stereocenters. The predicted octanol–water partition coefficient (Wildman–Crippen LogP) is 2.67. The number of hydrogen-bond donors (Lipinski definition) is 2. The molecule has 0 bridgehead atoms. The zero-order valence-electron chi connectivity index (χ0n) is 17.2. The summed E-state index contributed by atoms with van der Waals surface area (Å²) in [7, 11) is -0.627. The molecule has 0 spiro atoms. The minimum atomic E-state index is -3.74. The summed E-state index contributed by atoms with van der Waals surface area (Å²) in [4.78, 5) is 12.3. The fourth-order valence-electron chi connectivity index (χ4n) is 2.80. The van der Waals surface area contributed by atoms with Gasteiger partial charge in [-0.3, -0.25) is 4.79 Å². The van der Waals surface area contributed by atoms with Crippen molar-refractivity contribution in [2.24, 2.45) is 0 Å². The van der Waals surface area contributed by atoms with Gasteiger partial charge >= 0.3 is 0 Å². The maximum Gasteiger partial charge on any atom is 0.251 e. The van der Waals surface area contributed by atoms with E-state index < -0.39 is 10.0 Å². The van der Waals surface area contributed by atoms with E-state index in [4.69, 9.17) is 9.47 Å². The Kier molecular flexibility index (Phi) is 8.04. The van der Waals surface area contributed by atoms with Crippen molar-refractivity contribution in [3.63, 3.8) is 0 Å². The third-order valence-electron chi connectivity index (χ3n) is 4.45. The van der Waals surface area contributed by atoms with Crippen molar-refractivity contribution in [2.75, 3.05) is 27.3 Å². The van der Waals surface area contributed by atoms with Gasteiger partial charge in [-0.05, 0) is 55.2 Å². The molecule has 0 radical (unpaired) electrons. The summed E-state index contributed by atoms with van der Waals surface area (Å²) in [6.45, 7) is 4.49. The van der Waals surface area contributed by atoms with E-state index in [0.29, 0.717) is 30.0 Å². The molecule has 0 aliphatic heterocycles. The van der Waals surface area contributed by atoms with Gasteiger partial charge in [-0.25, -0.2) is 13.1 Å². The normalized spacial score (nSPS) is 11.2. The van der Waals surface area contributed by atoms with Gasteiger partial charge in [0.25, 0.3) is 5.91 Å². The lowest BCUT2D eigenvalue weighted by Crippen LogP contribution is -2.28. The predicted molar refractivity (Wildman–Crippen MR) is 112 cm³/mol. The van der Waals surface area contributed by atoms with Crippen molar-refractivity contribution in [3.8, 4) is 11.5 Å². The Morgan fingerprint density at radius 1 is 1.00 bits per heavy atom. The van der Waals surface area contributed by atoms with Gasteiger partial charge in [0.15, 0.2) is 11.5 Å². The number of carbonyl (C=O) groups excluding carboxylic acids is 1. The lowest BCUT2D eigenvalue weighted by Gasteiger charge is -2.12. The van der Waals surface area contributed by atoms with Gasteiger partial charge in [-0.2, -0.15) is 0 Å². The largest absolute Gasteiger partial charge is 0.493 e. The summed E-state index contributed by atoms with van der Waals surface area (Å²) in [5, 5.41) is 2.78. The maximum atomic E-state index is 12.7. The molecule has 7 nitrogen and oxygen atoms in total. The molecule has 2 aromatic carbocycles. The average Bonchev–Trinajstić information content (AvgIpc) is 2.71. The molecule has 8 heteroatoms. The number of nitrogens with one attached hydrogen (secondary N) is 2.